The molecule has 0 fully saturated rings. The molecule has 5 N–H and O–H groups in total. The Morgan fingerprint density at radius 3 is 2.44 bits per heavy atom. The Balaban J connectivity index is 1.42. The molecular formula is C21H17N5O2S4. The molecule has 0 atom stereocenters. The number of nitrogen functional groups attached to an aromatic ring is 1. The standard InChI is InChI=1S/C21H17N5O2S4/c1-11-14-4-2-3-5-16(14)30-17(11)15-10-29-20(25-15)18-19(22)26-21(31-18)24-12-6-8-13(9-7-12)32(23,27)28/h2-10H,22H2,1H3,(H,24,26)(H2,23,27,28). The molecule has 0 amide bonds. The molecule has 0 aliphatic carbocycles. The van der Waals surface area contributed by atoms with Crippen LogP contribution < -0.4 is 16.2 Å². The van der Waals surface area contributed by atoms with Crippen LogP contribution in [-0.2, 0) is 10.0 Å². The predicted molar refractivity (Wildman–Crippen MR) is 134 cm³/mol. The Kier molecular flexibility index (Phi) is 5.22. The maximum Gasteiger partial charge on any atom is 0.238 e. The van der Waals surface area contributed by atoms with Gasteiger partial charge in [0.05, 0.1) is 15.5 Å². The fourth-order valence-corrected chi connectivity index (χ4v) is 6.87. The van der Waals surface area contributed by atoms with Gasteiger partial charge in [0.25, 0.3) is 0 Å². The first-order valence-corrected chi connectivity index (χ1v) is 13.5. The van der Waals surface area contributed by atoms with Crippen molar-refractivity contribution in [2.75, 3.05) is 11.1 Å². The van der Waals surface area contributed by atoms with Gasteiger partial charge in [-0.2, -0.15) is 0 Å². The van der Waals surface area contributed by atoms with E-state index in [0.29, 0.717) is 16.6 Å². The monoisotopic (exact) mass is 499 g/mol. The molecule has 162 valence electrons. The van der Waals surface area contributed by atoms with E-state index in [2.05, 4.69) is 29.4 Å². The molecule has 0 aliphatic rings. The average Bonchev–Trinajstić information content (AvgIpc) is 3.45. The van der Waals surface area contributed by atoms with Crippen LogP contribution in [0.3, 0.4) is 0 Å². The maximum absolute atomic E-state index is 11.4. The fourth-order valence-electron chi connectivity index (χ4n) is 3.29. The zero-order chi connectivity index (χ0) is 22.5. The minimum atomic E-state index is -3.73. The molecule has 11 heteroatoms. The van der Waals surface area contributed by atoms with Crippen molar-refractivity contribution in [2.45, 2.75) is 11.8 Å². The lowest BCUT2D eigenvalue weighted by Crippen LogP contribution is -2.11. The van der Waals surface area contributed by atoms with Gasteiger partial charge in [0, 0.05) is 15.8 Å². The number of primary sulfonamides is 1. The Hall–Kier alpha value is -2.83. The summed E-state index contributed by atoms with van der Waals surface area (Å²) < 4.78 is 24.1. The molecule has 0 unspecified atom stereocenters. The van der Waals surface area contributed by atoms with Crippen molar-refractivity contribution in [3.63, 3.8) is 0 Å². The number of hydrogen-bond acceptors (Lipinski definition) is 9. The van der Waals surface area contributed by atoms with E-state index in [-0.39, 0.29) is 4.90 Å². The first kappa shape index (κ1) is 21.0. The number of benzene rings is 2. The molecule has 2 aromatic carbocycles. The van der Waals surface area contributed by atoms with Crippen LogP contribution >= 0.6 is 34.0 Å². The summed E-state index contributed by atoms with van der Waals surface area (Å²) >= 11 is 4.66. The van der Waals surface area contributed by atoms with Crippen LogP contribution in [0.25, 0.3) is 30.5 Å². The summed E-state index contributed by atoms with van der Waals surface area (Å²) in [4.78, 5) is 11.2. The third-order valence-electron chi connectivity index (χ3n) is 4.86. The van der Waals surface area contributed by atoms with Gasteiger partial charge >= 0.3 is 0 Å². The van der Waals surface area contributed by atoms with Crippen LogP contribution in [-0.4, -0.2) is 18.4 Å². The van der Waals surface area contributed by atoms with Crippen LogP contribution in [0.15, 0.2) is 58.8 Å². The Morgan fingerprint density at radius 2 is 1.72 bits per heavy atom. The van der Waals surface area contributed by atoms with Crippen LogP contribution in [0.4, 0.5) is 16.6 Å². The van der Waals surface area contributed by atoms with Crippen molar-refractivity contribution in [1.29, 1.82) is 0 Å². The molecule has 3 aromatic heterocycles. The number of thiazole rings is 2. The first-order valence-electron chi connectivity index (χ1n) is 9.40. The number of nitrogens with two attached hydrogens (primary N) is 2. The third kappa shape index (κ3) is 3.89. The number of fused-ring (bicyclic) bond motifs is 1. The molecule has 0 bridgehead atoms. The quantitative estimate of drug-likeness (QED) is 0.296. The van der Waals surface area contributed by atoms with E-state index < -0.39 is 10.0 Å². The highest BCUT2D eigenvalue weighted by Gasteiger charge is 2.18. The topological polar surface area (TPSA) is 124 Å². The summed E-state index contributed by atoms with van der Waals surface area (Å²) in [5.41, 5.74) is 9.02. The zero-order valence-electron chi connectivity index (χ0n) is 16.7. The Labute approximate surface area is 196 Å². The number of nitrogens with zero attached hydrogens (tertiary/aromatic N) is 2. The minimum Gasteiger partial charge on any atom is -0.382 e. The van der Waals surface area contributed by atoms with Crippen LogP contribution in [0, 0.1) is 6.92 Å². The van der Waals surface area contributed by atoms with Crippen molar-refractivity contribution in [2.24, 2.45) is 5.14 Å². The van der Waals surface area contributed by atoms with Gasteiger partial charge in [0.1, 0.15) is 15.7 Å². The van der Waals surface area contributed by atoms with Crippen molar-refractivity contribution >= 4 is 70.8 Å². The average molecular weight is 500 g/mol. The molecule has 0 aliphatic heterocycles. The minimum absolute atomic E-state index is 0.0502. The van der Waals surface area contributed by atoms with Crippen LogP contribution in [0.5, 0.6) is 0 Å². The number of rotatable bonds is 5. The van der Waals surface area contributed by atoms with Gasteiger partial charge in [0.15, 0.2) is 5.13 Å². The summed E-state index contributed by atoms with van der Waals surface area (Å²) in [6.45, 7) is 2.12. The highest BCUT2D eigenvalue weighted by atomic mass is 32.2. The Bertz CT molecular complexity index is 1550. The normalized spacial score (nSPS) is 11.8. The number of sulfonamides is 1. The third-order valence-corrected chi connectivity index (χ3v) is 9.07. The number of thiophene rings is 1. The van der Waals surface area contributed by atoms with E-state index in [4.69, 9.17) is 15.9 Å². The lowest BCUT2D eigenvalue weighted by Gasteiger charge is -2.03. The van der Waals surface area contributed by atoms with Crippen molar-refractivity contribution in [3.05, 3.63) is 59.5 Å². The fraction of sp³-hybridized carbons (Fsp3) is 0.0476. The van der Waals surface area contributed by atoms with Gasteiger partial charge in [-0.25, -0.2) is 23.5 Å². The van der Waals surface area contributed by atoms with E-state index in [1.54, 1.807) is 23.5 Å². The van der Waals surface area contributed by atoms with Gasteiger partial charge in [-0.1, -0.05) is 29.5 Å². The summed E-state index contributed by atoms with van der Waals surface area (Å²) in [5.74, 6) is 0.396. The van der Waals surface area contributed by atoms with Crippen molar-refractivity contribution in [1.82, 2.24) is 9.97 Å². The molecule has 5 rings (SSSR count). The lowest BCUT2D eigenvalue weighted by molar-refractivity contribution is 0.598. The second-order valence-electron chi connectivity index (χ2n) is 7.02. The molecule has 0 radical (unpaired) electrons. The van der Waals surface area contributed by atoms with E-state index in [9.17, 15) is 8.42 Å². The number of anilines is 3. The highest BCUT2D eigenvalue weighted by molar-refractivity contribution is 7.89. The molecule has 32 heavy (non-hydrogen) atoms. The van der Waals surface area contributed by atoms with E-state index in [1.807, 2.05) is 17.5 Å². The number of nitrogens with one attached hydrogen (secondary N) is 1. The van der Waals surface area contributed by atoms with Gasteiger partial charge in [-0.3, -0.25) is 0 Å². The van der Waals surface area contributed by atoms with Crippen molar-refractivity contribution in [3.8, 4) is 20.5 Å². The lowest BCUT2D eigenvalue weighted by atomic mass is 10.1. The molecule has 0 spiro atoms. The molecule has 5 aromatic rings. The van der Waals surface area contributed by atoms with Crippen molar-refractivity contribution < 1.29 is 8.42 Å². The number of hydrogen-bond donors (Lipinski definition) is 3. The number of aryl methyl sites for hydroxylation is 1. The van der Waals surface area contributed by atoms with Gasteiger partial charge in [-0.15, -0.1) is 22.7 Å². The van der Waals surface area contributed by atoms with Gasteiger partial charge < -0.3 is 11.1 Å². The summed E-state index contributed by atoms with van der Waals surface area (Å²) in [6.07, 6.45) is 0. The second kappa shape index (κ2) is 7.94. The maximum atomic E-state index is 11.4. The molecule has 3 heterocycles. The van der Waals surface area contributed by atoms with E-state index in [1.165, 1.54) is 50.5 Å². The molecule has 0 saturated heterocycles. The first-order chi connectivity index (χ1) is 15.3. The second-order valence-corrected chi connectivity index (χ2v) is 11.5. The van der Waals surface area contributed by atoms with Gasteiger partial charge in [0.2, 0.25) is 10.0 Å². The van der Waals surface area contributed by atoms with Crippen LogP contribution in [0.2, 0.25) is 0 Å². The molecule has 0 saturated carbocycles. The van der Waals surface area contributed by atoms with Crippen LogP contribution in [0.1, 0.15) is 5.56 Å². The Morgan fingerprint density at radius 1 is 0.969 bits per heavy atom. The van der Waals surface area contributed by atoms with E-state index >= 15 is 0 Å². The number of aromatic nitrogens is 2. The smallest absolute Gasteiger partial charge is 0.238 e. The largest absolute Gasteiger partial charge is 0.382 e. The summed E-state index contributed by atoms with van der Waals surface area (Å²) in [6, 6.07) is 14.5. The SMILES string of the molecule is Cc1c(-c2csc(-c3sc(Nc4ccc(S(N)(=O)=O)cc4)nc3N)n2)sc2ccccc12. The highest BCUT2D eigenvalue weighted by Crippen LogP contribution is 2.42. The molecular weight excluding hydrogens is 483 g/mol. The summed E-state index contributed by atoms with van der Waals surface area (Å²) in [5, 5.41) is 13.0. The summed E-state index contributed by atoms with van der Waals surface area (Å²) in [7, 11) is -3.73. The zero-order valence-corrected chi connectivity index (χ0v) is 20.0. The predicted octanol–water partition coefficient (Wildman–Crippen LogP) is 5.43. The van der Waals surface area contributed by atoms with Gasteiger partial charge in [-0.05, 0) is 48.2 Å². The molecule has 7 nitrogen and oxygen atoms in total. The van der Waals surface area contributed by atoms with E-state index in [0.717, 1.165) is 20.5 Å².